The monoisotopic (exact) mass is 197 g/mol. The van der Waals surface area contributed by atoms with Crippen LogP contribution in [0, 0.1) is 0 Å². The summed E-state index contributed by atoms with van der Waals surface area (Å²) in [5, 5.41) is 8.38. The lowest BCUT2D eigenvalue weighted by Crippen LogP contribution is -2.24. The van der Waals surface area contributed by atoms with Crippen molar-refractivity contribution >= 4 is 6.09 Å². The van der Waals surface area contributed by atoms with Crippen molar-refractivity contribution in [3.8, 4) is 0 Å². The van der Waals surface area contributed by atoms with E-state index in [1.54, 1.807) is 12.2 Å². The highest BCUT2D eigenvalue weighted by molar-refractivity contribution is 5.66. The Bertz CT molecular complexity index is 224. The molecule has 4 heteroatoms. The van der Waals surface area contributed by atoms with Gasteiger partial charge in [-0.2, -0.15) is 0 Å². The highest BCUT2D eigenvalue weighted by Gasteiger charge is 2.05. The first-order valence-electron chi connectivity index (χ1n) is 4.71. The second-order valence-electron chi connectivity index (χ2n) is 3.02. The van der Waals surface area contributed by atoms with Gasteiger partial charge in [0.1, 0.15) is 0 Å². The molecular formula is C10H15NO3. The van der Waals surface area contributed by atoms with Crippen LogP contribution in [0.5, 0.6) is 0 Å². The van der Waals surface area contributed by atoms with Gasteiger partial charge < -0.3 is 9.84 Å². The van der Waals surface area contributed by atoms with Crippen molar-refractivity contribution in [2.24, 2.45) is 0 Å². The van der Waals surface area contributed by atoms with E-state index in [2.05, 4.69) is 0 Å². The predicted octanol–water partition coefficient (Wildman–Crippen LogP) is 1.85. The normalized spacial score (nSPS) is 19.0. The smallest absolute Gasteiger partial charge is 0.411 e. The average molecular weight is 197 g/mol. The molecule has 0 radical (unpaired) electrons. The molecule has 0 saturated carbocycles. The fourth-order valence-corrected chi connectivity index (χ4v) is 1.12. The molecule has 4 nitrogen and oxygen atoms in total. The number of hydrogen-bond acceptors (Lipinski definition) is 2. The standard InChI is InChI=1S/C6H7NO2.C4H8O/c8-6(9)7-4-2-1-3-5-7;1-2-4-5-3-1/h1-4H,5H2,(H,8,9);1-4H2. The number of amides is 1. The molecule has 2 aliphatic heterocycles. The molecule has 1 saturated heterocycles. The fourth-order valence-electron chi connectivity index (χ4n) is 1.12. The first-order valence-corrected chi connectivity index (χ1v) is 4.71. The minimum Gasteiger partial charge on any atom is -0.465 e. The number of carboxylic acid groups (broad SMARTS) is 1. The van der Waals surface area contributed by atoms with E-state index in [0.717, 1.165) is 13.2 Å². The summed E-state index contributed by atoms with van der Waals surface area (Å²) in [6.45, 7) is 2.46. The van der Waals surface area contributed by atoms with E-state index in [-0.39, 0.29) is 0 Å². The maximum Gasteiger partial charge on any atom is 0.411 e. The molecular weight excluding hydrogens is 182 g/mol. The number of ether oxygens (including phenoxy) is 1. The van der Waals surface area contributed by atoms with Crippen LogP contribution in [0.2, 0.25) is 0 Å². The Kier molecular flexibility index (Phi) is 4.78. The van der Waals surface area contributed by atoms with Gasteiger partial charge >= 0.3 is 6.09 Å². The largest absolute Gasteiger partial charge is 0.465 e. The van der Waals surface area contributed by atoms with Crippen molar-refractivity contribution in [3.05, 3.63) is 24.4 Å². The molecule has 14 heavy (non-hydrogen) atoms. The highest BCUT2D eigenvalue weighted by atomic mass is 16.5. The topological polar surface area (TPSA) is 49.8 Å². The number of hydrogen-bond donors (Lipinski definition) is 1. The molecule has 2 heterocycles. The van der Waals surface area contributed by atoms with Crippen LogP contribution < -0.4 is 0 Å². The summed E-state index contributed by atoms with van der Waals surface area (Å²) in [6.07, 6.45) is 8.48. The summed E-state index contributed by atoms with van der Waals surface area (Å²) in [6, 6.07) is 0. The van der Waals surface area contributed by atoms with E-state index in [4.69, 9.17) is 9.84 Å². The van der Waals surface area contributed by atoms with E-state index < -0.39 is 6.09 Å². The van der Waals surface area contributed by atoms with E-state index in [1.807, 2.05) is 6.08 Å². The van der Waals surface area contributed by atoms with Gasteiger partial charge in [0, 0.05) is 26.0 Å². The average Bonchev–Trinajstić information content (AvgIpc) is 2.77. The summed E-state index contributed by atoms with van der Waals surface area (Å²) in [4.78, 5) is 11.4. The summed E-state index contributed by atoms with van der Waals surface area (Å²) in [5.41, 5.74) is 0. The number of carbonyl (C=O) groups is 1. The predicted molar refractivity (Wildman–Crippen MR) is 53.1 cm³/mol. The van der Waals surface area contributed by atoms with Crippen LogP contribution in [0.4, 0.5) is 4.79 Å². The lowest BCUT2D eigenvalue weighted by atomic mass is 10.4. The molecule has 78 valence electrons. The second-order valence-corrected chi connectivity index (χ2v) is 3.02. The number of nitrogens with zero attached hydrogens (tertiary/aromatic N) is 1. The highest BCUT2D eigenvalue weighted by Crippen LogP contribution is 1.98. The molecule has 2 rings (SSSR count). The van der Waals surface area contributed by atoms with Crippen molar-refractivity contribution in [3.63, 3.8) is 0 Å². The minimum atomic E-state index is -0.907. The molecule has 0 aromatic heterocycles. The molecule has 0 aliphatic carbocycles. The number of rotatable bonds is 0. The third kappa shape index (κ3) is 4.09. The van der Waals surface area contributed by atoms with Gasteiger partial charge in [0.05, 0.1) is 0 Å². The molecule has 0 atom stereocenters. The first-order chi connectivity index (χ1) is 6.80. The van der Waals surface area contributed by atoms with Gasteiger partial charge in [-0.25, -0.2) is 4.79 Å². The van der Waals surface area contributed by atoms with Crippen LogP contribution in [-0.2, 0) is 4.74 Å². The fraction of sp³-hybridized carbons (Fsp3) is 0.500. The Labute approximate surface area is 83.5 Å². The van der Waals surface area contributed by atoms with Gasteiger partial charge in [0.15, 0.2) is 0 Å². The lowest BCUT2D eigenvalue weighted by molar-refractivity contribution is 0.166. The van der Waals surface area contributed by atoms with Crippen molar-refractivity contribution in [2.45, 2.75) is 12.8 Å². The quantitative estimate of drug-likeness (QED) is 0.644. The van der Waals surface area contributed by atoms with Gasteiger partial charge in [-0.3, -0.25) is 4.90 Å². The second kappa shape index (κ2) is 6.21. The molecule has 0 aromatic rings. The van der Waals surface area contributed by atoms with Crippen molar-refractivity contribution in [1.82, 2.24) is 4.90 Å². The third-order valence-electron chi connectivity index (χ3n) is 1.89. The Hall–Kier alpha value is -1.29. The summed E-state index contributed by atoms with van der Waals surface area (Å²) >= 11 is 0. The van der Waals surface area contributed by atoms with Gasteiger partial charge in [-0.1, -0.05) is 12.2 Å². The first kappa shape index (κ1) is 10.8. The van der Waals surface area contributed by atoms with Gasteiger partial charge in [0.2, 0.25) is 0 Å². The molecule has 1 N–H and O–H groups in total. The summed E-state index contributed by atoms with van der Waals surface area (Å²) in [5.74, 6) is 0. The molecule has 0 bridgehead atoms. The minimum absolute atomic E-state index is 0.464. The van der Waals surface area contributed by atoms with E-state index >= 15 is 0 Å². The zero-order chi connectivity index (χ0) is 10.2. The van der Waals surface area contributed by atoms with Crippen LogP contribution in [-0.4, -0.2) is 35.9 Å². The van der Waals surface area contributed by atoms with E-state index in [9.17, 15) is 4.79 Å². The van der Waals surface area contributed by atoms with E-state index in [0.29, 0.717) is 6.54 Å². The van der Waals surface area contributed by atoms with E-state index in [1.165, 1.54) is 23.9 Å². The zero-order valence-corrected chi connectivity index (χ0v) is 8.06. The Morgan fingerprint density at radius 2 is 2.00 bits per heavy atom. The van der Waals surface area contributed by atoms with Gasteiger partial charge in [-0.15, -0.1) is 0 Å². The van der Waals surface area contributed by atoms with Crippen LogP contribution in [0.25, 0.3) is 0 Å². The van der Waals surface area contributed by atoms with Crippen molar-refractivity contribution in [2.75, 3.05) is 19.8 Å². The summed E-state index contributed by atoms with van der Waals surface area (Å²) in [7, 11) is 0. The van der Waals surface area contributed by atoms with Crippen molar-refractivity contribution in [1.29, 1.82) is 0 Å². The molecule has 1 fully saturated rings. The maximum atomic E-state index is 10.2. The van der Waals surface area contributed by atoms with Crippen LogP contribution in [0.15, 0.2) is 24.4 Å². The SMILES string of the molecule is C1CCOC1.O=C(O)N1C=CC=CC1. The lowest BCUT2D eigenvalue weighted by Gasteiger charge is -2.12. The van der Waals surface area contributed by atoms with Crippen LogP contribution in [0.3, 0.4) is 0 Å². The van der Waals surface area contributed by atoms with Gasteiger partial charge in [0.25, 0.3) is 0 Å². The van der Waals surface area contributed by atoms with Crippen LogP contribution in [0.1, 0.15) is 12.8 Å². The molecule has 2 aliphatic rings. The molecule has 0 unspecified atom stereocenters. The van der Waals surface area contributed by atoms with Crippen LogP contribution >= 0.6 is 0 Å². The Balaban J connectivity index is 0.000000165. The molecule has 0 aromatic carbocycles. The number of allylic oxidation sites excluding steroid dienone is 2. The maximum absolute atomic E-state index is 10.2. The Morgan fingerprint density at radius 3 is 2.29 bits per heavy atom. The third-order valence-corrected chi connectivity index (χ3v) is 1.89. The molecule has 1 amide bonds. The van der Waals surface area contributed by atoms with Gasteiger partial charge in [-0.05, 0) is 18.9 Å². The molecule has 0 spiro atoms. The Morgan fingerprint density at radius 1 is 1.29 bits per heavy atom. The summed E-state index contributed by atoms with van der Waals surface area (Å²) < 4.78 is 4.94. The zero-order valence-electron chi connectivity index (χ0n) is 8.06. The van der Waals surface area contributed by atoms with Crippen molar-refractivity contribution < 1.29 is 14.6 Å².